The van der Waals surface area contributed by atoms with E-state index in [1.165, 1.54) is 27.1 Å². The molecule has 5 nitrogen and oxygen atoms in total. The summed E-state index contributed by atoms with van der Waals surface area (Å²) < 4.78 is 0. The molecule has 0 bridgehead atoms. The van der Waals surface area contributed by atoms with Crippen molar-refractivity contribution in [2.24, 2.45) is 5.73 Å². The number of benzene rings is 3. The van der Waals surface area contributed by atoms with Crippen LogP contribution in [-0.4, -0.2) is 12.1 Å². The van der Waals surface area contributed by atoms with Gasteiger partial charge in [0.05, 0.1) is 6.04 Å². The third kappa shape index (κ3) is 4.32. The Labute approximate surface area is 223 Å². The molecule has 0 fully saturated rings. The highest BCUT2D eigenvalue weighted by atomic mass is 31.1. The highest BCUT2D eigenvalue weighted by molar-refractivity contribution is 7.77. The first-order valence-electron chi connectivity index (χ1n) is 13.0. The molecule has 0 aliphatic heterocycles. The van der Waals surface area contributed by atoms with Gasteiger partial charge in [-0.15, -0.1) is 0 Å². The second-order valence-corrected chi connectivity index (χ2v) is 12.2. The molecule has 4 aromatic rings. The van der Waals surface area contributed by atoms with E-state index in [1.807, 2.05) is 30.3 Å². The van der Waals surface area contributed by atoms with Gasteiger partial charge in [-0.2, -0.15) is 0 Å². The largest absolute Gasteiger partial charge is 0.374 e. The molecule has 0 aromatic heterocycles. The molecule has 0 heterocycles. The molecular weight excluding hydrogens is 489 g/mol. The van der Waals surface area contributed by atoms with Gasteiger partial charge in [0.25, 0.3) is 10.9 Å². The summed E-state index contributed by atoms with van der Waals surface area (Å²) in [5.41, 5.74) is 9.70. The van der Waals surface area contributed by atoms with E-state index < -0.39 is 18.8 Å². The maximum Gasteiger partial charge on any atom is 0.253 e. The Kier molecular flexibility index (Phi) is 6.57. The quantitative estimate of drug-likeness (QED) is 0.236. The van der Waals surface area contributed by atoms with Crippen LogP contribution in [-0.2, 0) is 6.42 Å². The van der Waals surface area contributed by atoms with Gasteiger partial charge in [0.2, 0.25) is 0 Å². The summed E-state index contributed by atoms with van der Waals surface area (Å²) in [6.45, 7) is 2.07. The van der Waals surface area contributed by atoms with Crippen molar-refractivity contribution in [3.05, 3.63) is 140 Å². The highest BCUT2D eigenvalue weighted by Crippen LogP contribution is 2.49. The van der Waals surface area contributed by atoms with Crippen LogP contribution in [0, 0.1) is 0 Å². The van der Waals surface area contributed by atoms with Crippen LogP contribution in [0.3, 0.4) is 0 Å². The maximum absolute atomic E-state index is 12.7. The van der Waals surface area contributed by atoms with Crippen LogP contribution in [0.5, 0.6) is 0 Å². The lowest BCUT2D eigenvalue weighted by Crippen LogP contribution is -2.42. The molecular formula is C32H30N3O2P. The summed E-state index contributed by atoms with van der Waals surface area (Å²) in [7, 11) is -0.759. The number of allylic oxidation sites excluding steroid dienone is 3. The third-order valence-corrected chi connectivity index (χ3v) is 10.1. The lowest BCUT2D eigenvalue weighted by atomic mass is 10.0. The Bertz CT molecular complexity index is 1560. The second kappa shape index (κ2) is 10.2. The summed E-state index contributed by atoms with van der Waals surface area (Å²) in [6.07, 6.45) is 5.97. The molecule has 6 heteroatoms. The first kappa shape index (κ1) is 24.5. The van der Waals surface area contributed by atoms with Gasteiger partial charge < -0.3 is 16.4 Å². The van der Waals surface area contributed by atoms with Crippen LogP contribution < -0.4 is 37.8 Å². The Morgan fingerprint density at radius 2 is 1.45 bits per heavy atom. The number of rotatable bonds is 8. The van der Waals surface area contributed by atoms with Gasteiger partial charge in [0, 0.05) is 12.1 Å². The SMILES string of the molecule is C[C@@H](Nc1c(N[C@H]2c3ccccc3C[C@@H]2N)c(=O)c1=O)C1=C(P(c2ccccc2)c2ccccc2)C=CC1. The van der Waals surface area contributed by atoms with E-state index in [0.717, 1.165) is 18.4 Å². The molecule has 0 spiro atoms. The molecule has 0 saturated carbocycles. The van der Waals surface area contributed by atoms with E-state index in [-0.39, 0.29) is 18.1 Å². The van der Waals surface area contributed by atoms with Gasteiger partial charge in [-0.1, -0.05) is 97.1 Å². The molecule has 0 unspecified atom stereocenters. The molecule has 38 heavy (non-hydrogen) atoms. The van der Waals surface area contributed by atoms with Crippen molar-refractivity contribution in [2.45, 2.75) is 37.9 Å². The first-order chi connectivity index (χ1) is 18.5. The molecule has 2 aliphatic rings. The van der Waals surface area contributed by atoms with Crippen LogP contribution in [0.2, 0.25) is 0 Å². The van der Waals surface area contributed by atoms with Gasteiger partial charge in [-0.05, 0) is 60.3 Å². The van der Waals surface area contributed by atoms with Gasteiger partial charge in [0.15, 0.2) is 0 Å². The maximum atomic E-state index is 12.7. The monoisotopic (exact) mass is 519 g/mol. The Hall–Kier alpha value is -3.79. The molecule has 0 saturated heterocycles. The van der Waals surface area contributed by atoms with Crippen molar-refractivity contribution >= 4 is 29.9 Å². The van der Waals surface area contributed by atoms with E-state index in [1.54, 1.807) is 0 Å². The molecule has 0 amide bonds. The van der Waals surface area contributed by atoms with E-state index in [0.29, 0.717) is 11.4 Å². The molecule has 2 aliphatic carbocycles. The normalized spacial score (nSPS) is 19.2. The van der Waals surface area contributed by atoms with E-state index >= 15 is 0 Å². The minimum Gasteiger partial charge on any atom is -0.374 e. The Morgan fingerprint density at radius 1 is 0.842 bits per heavy atom. The predicted octanol–water partition coefficient (Wildman–Crippen LogP) is 4.47. The van der Waals surface area contributed by atoms with Crippen molar-refractivity contribution < 1.29 is 0 Å². The smallest absolute Gasteiger partial charge is 0.253 e. The van der Waals surface area contributed by atoms with Crippen LogP contribution in [0.4, 0.5) is 11.4 Å². The van der Waals surface area contributed by atoms with Crippen LogP contribution in [0.25, 0.3) is 0 Å². The van der Waals surface area contributed by atoms with Crippen molar-refractivity contribution in [3.8, 4) is 0 Å². The van der Waals surface area contributed by atoms with Crippen LogP contribution in [0.1, 0.15) is 30.5 Å². The lowest BCUT2D eigenvalue weighted by molar-refractivity contribution is 0.625. The van der Waals surface area contributed by atoms with Crippen molar-refractivity contribution in [1.82, 2.24) is 0 Å². The van der Waals surface area contributed by atoms with Gasteiger partial charge in [-0.25, -0.2) is 0 Å². The number of fused-ring (bicyclic) bond motifs is 1. The first-order valence-corrected chi connectivity index (χ1v) is 14.4. The average Bonchev–Trinajstić information content (AvgIpc) is 3.56. The second-order valence-electron chi connectivity index (χ2n) is 9.99. The number of anilines is 2. The molecule has 4 aromatic carbocycles. The van der Waals surface area contributed by atoms with Crippen LogP contribution in [0.15, 0.2) is 118 Å². The topological polar surface area (TPSA) is 84.2 Å². The summed E-state index contributed by atoms with van der Waals surface area (Å²) in [4.78, 5) is 25.4. The van der Waals surface area contributed by atoms with Crippen molar-refractivity contribution in [3.63, 3.8) is 0 Å². The lowest BCUT2D eigenvalue weighted by Gasteiger charge is -2.27. The van der Waals surface area contributed by atoms with E-state index in [2.05, 4.69) is 84.3 Å². The minimum absolute atomic E-state index is 0.120. The fraction of sp³-hybridized carbons (Fsp3) is 0.188. The summed E-state index contributed by atoms with van der Waals surface area (Å²) in [6, 6.07) is 28.8. The summed E-state index contributed by atoms with van der Waals surface area (Å²) in [5.74, 6) is 0. The molecule has 0 radical (unpaired) electrons. The summed E-state index contributed by atoms with van der Waals surface area (Å²) in [5, 5.41) is 10.6. The Morgan fingerprint density at radius 3 is 2.13 bits per heavy atom. The number of nitrogens with one attached hydrogen (secondary N) is 2. The van der Waals surface area contributed by atoms with E-state index in [9.17, 15) is 9.59 Å². The van der Waals surface area contributed by atoms with Crippen molar-refractivity contribution in [2.75, 3.05) is 10.6 Å². The standard InChI is InChI=1S/C32H30N3O2P/c1-20(24-17-10-18-27(24)38(22-12-4-2-5-13-22)23-14-6-3-7-15-23)34-29-30(32(37)31(29)36)35-28-25-16-9-8-11-21(25)19-26(28)33/h2-16,18,20,26,28,34-35H,17,19,33H2,1H3/t20-,26+,28+/m1/s1. The van der Waals surface area contributed by atoms with E-state index in [4.69, 9.17) is 5.73 Å². The molecule has 190 valence electrons. The molecule has 4 N–H and O–H groups in total. The van der Waals surface area contributed by atoms with Crippen molar-refractivity contribution in [1.29, 1.82) is 0 Å². The highest BCUT2D eigenvalue weighted by Gasteiger charge is 2.34. The molecule has 6 rings (SSSR count). The predicted molar refractivity (Wildman–Crippen MR) is 159 cm³/mol. The van der Waals surface area contributed by atoms with Crippen LogP contribution >= 0.6 is 7.92 Å². The fourth-order valence-electron chi connectivity index (χ4n) is 5.64. The Balaban J connectivity index is 1.31. The third-order valence-electron chi connectivity index (χ3n) is 7.58. The average molecular weight is 520 g/mol. The minimum atomic E-state index is -0.759. The molecule has 3 atom stereocenters. The number of nitrogens with two attached hydrogens (primary N) is 1. The number of hydrogen-bond acceptors (Lipinski definition) is 5. The van der Waals surface area contributed by atoms with Gasteiger partial charge in [-0.3, -0.25) is 9.59 Å². The zero-order chi connectivity index (χ0) is 26.2. The van der Waals surface area contributed by atoms with Gasteiger partial charge in [0.1, 0.15) is 11.4 Å². The summed E-state index contributed by atoms with van der Waals surface area (Å²) >= 11 is 0. The van der Waals surface area contributed by atoms with Gasteiger partial charge >= 0.3 is 0 Å². The fourth-order valence-corrected chi connectivity index (χ4v) is 8.27. The zero-order valence-electron chi connectivity index (χ0n) is 21.2. The zero-order valence-corrected chi connectivity index (χ0v) is 22.1. The number of hydrogen-bond donors (Lipinski definition) is 3.